The minimum Gasteiger partial charge on any atom is -0.310 e. The van der Waals surface area contributed by atoms with Crippen LogP contribution in [0.2, 0.25) is 0 Å². The van der Waals surface area contributed by atoms with Crippen molar-refractivity contribution in [1.82, 2.24) is 0 Å². The first kappa shape index (κ1) is 62.6. The van der Waals surface area contributed by atoms with Crippen LogP contribution < -0.4 is 9.80 Å². The molecule has 4 aliphatic rings. The number of rotatable bonds is 7. The van der Waals surface area contributed by atoms with Crippen LogP contribution in [-0.4, -0.2) is 0 Å². The highest BCUT2D eigenvalue weighted by atomic mass is 15.2. The van der Waals surface area contributed by atoms with Crippen LogP contribution in [0, 0.1) is 0 Å². The van der Waals surface area contributed by atoms with E-state index in [1.807, 2.05) is 0 Å². The Morgan fingerprint density at radius 1 is 0.152 bits per heavy atom. The van der Waals surface area contributed by atoms with E-state index in [-0.39, 0.29) is 0 Å². The molecule has 0 fully saturated rings. The number of hydrogen-bond donors (Lipinski definition) is 0. The summed E-state index contributed by atoms with van der Waals surface area (Å²) in [7, 11) is 0. The van der Waals surface area contributed by atoms with E-state index in [4.69, 9.17) is 0 Å². The SMILES string of the molecule is c1ccc(N2c3ccccc3C3(c4ccccc4-c4c(-c5cccc6c(-c7c8cccc(-c9ccc%10ccccc%10c9)c8cc8c(-c9ccc%10ccccc%10c9)cccc78)c7cccc(-c8cccc9c8-c8ccccc8C98c9ccccc9N(c9ccccc9)c9ccccc98)c7cc56)cccc43)c3ccccc32)cc1. The van der Waals surface area contributed by atoms with Crippen molar-refractivity contribution in [3.8, 4) is 77.9 Å². The number of hydrogen-bond acceptors (Lipinski definition) is 2. The van der Waals surface area contributed by atoms with E-state index in [0.29, 0.717) is 0 Å². The molecule has 2 spiro atoms. The van der Waals surface area contributed by atoms with E-state index in [1.165, 1.54) is 210 Å². The monoisotopic (exact) mass is 1420 g/mol. The first-order chi connectivity index (χ1) is 55.6. The Labute approximate surface area is 649 Å². The van der Waals surface area contributed by atoms with Gasteiger partial charge in [-0.2, -0.15) is 0 Å². The number of anilines is 6. The van der Waals surface area contributed by atoms with Crippen molar-refractivity contribution < 1.29 is 0 Å². The third-order valence-corrected chi connectivity index (χ3v) is 25.4. The lowest BCUT2D eigenvalue weighted by Crippen LogP contribution is -2.36. The maximum atomic E-state index is 2.60. The van der Waals surface area contributed by atoms with Gasteiger partial charge in [0, 0.05) is 11.4 Å². The fourth-order valence-electron chi connectivity index (χ4n) is 21.0. The Balaban J connectivity index is 0.828. The second-order valence-corrected chi connectivity index (χ2v) is 30.7. The molecule has 20 aromatic carbocycles. The molecule has 518 valence electrons. The van der Waals surface area contributed by atoms with Crippen LogP contribution in [-0.2, 0) is 10.8 Å². The van der Waals surface area contributed by atoms with Crippen molar-refractivity contribution in [3.05, 3.63) is 457 Å². The third-order valence-electron chi connectivity index (χ3n) is 25.4. The molecule has 0 aromatic heterocycles. The van der Waals surface area contributed by atoms with Crippen molar-refractivity contribution in [3.63, 3.8) is 0 Å². The lowest BCUT2D eigenvalue weighted by molar-refractivity contribution is 0.753. The van der Waals surface area contributed by atoms with Crippen molar-refractivity contribution in [2.24, 2.45) is 0 Å². The molecule has 2 heterocycles. The predicted octanol–water partition coefficient (Wildman–Crippen LogP) is 29.2. The van der Waals surface area contributed by atoms with Crippen LogP contribution in [0.15, 0.2) is 413 Å². The molecule has 0 saturated carbocycles. The Hall–Kier alpha value is -14.4. The van der Waals surface area contributed by atoms with E-state index in [9.17, 15) is 0 Å². The summed E-state index contributed by atoms with van der Waals surface area (Å²) in [5, 5.41) is 14.4. The van der Waals surface area contributed by atoms with Gasteiger partial charge < -0.3 is 9.80 Å². The quantitative estimate of drug-likeness (QED) is 0.147. The highest BCUT2D eigenvalue weighted by Gasteiger charge is 2.54. The van der Waals surface area contributed by atoms with E-state index >= 15 is 0 Å². The largest absolute Gasteiger partial charge is 0.310 e. The molecule has 20 aromatic rings. The summed E-state index contributed by atoms with van der Waals surface area (Å²) in [6.07, 6.45) is 0. The maximum absolute atomic E-state index is 2.60. The Kier molecular flexibility index (Phi) is 13.4. The molecule has 2 aliphatic carbocycles. The van der Waals surface area contributed by atoms with Crippen molar-refractivity contribution in [1.29, 1.82) is 0 Å². The molecular weight excluding hydrogens is 1350 g/mol. The maximum Gasteiger partial charge on any atom is 0.0754 e. The molecule has 2 heteroatoms. The van der Waals surface area contributed by atoms with Gasteiger partial charge in [-0.05, 0) is 260 Å². The van der Waals surface area contributed by atoms with Crippen LogP contribution in [0.25, 0.3) is 143 Å². The minimum atomic E-state index is -0.663. The highest BCUT2D eigenvalue weighted by Crippen LogP contribution is 2.68. The van der Waals surface area contributed by atoms with Gasteiger partial charge in [-0.15, -0.1) is 0 Å². The topological polar surface area (TPSA) is 6.48 Å². The van der Waals surface area contributed by atoms with Gasteiger partial charge in [0.1, 0.15) is 0 Å². The van der Waals surface area contributed by atoms with Crippen LogP contribution in [0.4, 0.5) is 34.1 Å². The van der Waals surface area contributed by atoms with Gasteiger partial charge >= 0.3 is 0 Å². The predicted molar refractivity (Wildman–Crippen MR) is 470 cm³/mol. The van der Waals surface area contributed by atoms with Gasteiger partial charge in [0.2, 0.25) is 0 Å². The van der Waals surface area contributed by atoms with Crippen molar-refractivity contribution in [2.75, 3.05) is 9.80 Å². The first-order valence-electron chi connectivity index (χ1n) is 39.1. The van der Waals surface area contributed by atoms with E-state index in [1.54, 1.807) is 0 Å². The number of fused-ring (bicyclic) bond motifs is 24. The molecule has 24 rings (SSSR count). The van der Waals surface area contributed by atoms with Crippen molar-refractivity contribution >= 4 is 98.8 Å². The van der Waals surface area contributed by atoms with Crippen LogP contribution in [0.3, 0.4) is 0 Å². The van der Waals surface area contributed by atoms with Gasteiger partial charge in [-0.25, -0.2) is 0 Å². The Morgan fingerprint density at radius 2 is 0.429 bits per heavy atom. The molecule has 0 unspecified atom stereocenters. The lowest BCUT2D eigenvalue weighted by Gasteiger charge is -2.45. The molecule has 0 amide bonds. The Morgan fingerprint density at radius 3 is 0.812 bits per heavy atom. The summed E-state index contributed by atoms with van der Waals surface area (Å²) < 4.78 is 0. The minimum absolute atomic E-state index is 0.663. The average molecular weight is 1420 g/mol. The molecule has 0 bridgehead atoms. The smallest absolute Gasteiger partial charge is 0.0754 e. The summed E-state index contributed by atoms with van der Waals surface area (Å²) in [5.41, 5.74) is 32.8. The zero-order valence-corrected chi connectivity index (χ0v) is 61.2. The van der Waals surface area contributed by atoms with Gasteiger partial charge in [-0.1, -0.05) is 340 Å². The fraction of sp³-hybridized carbons (Fsp3) is 0.0182. The summed E-state index contributed by atoms with van der Waals surface area (Å²) >= 11 is 0. The number of para-hydroxylation sites is 6. The summed E-state index contributed by atoms with van der Waals surface area (Å²) in [6.45, 7) is 0. The highest BCUT2D eigenvalue weighted by molar-refractivity contribution is 6.29. The van der Waals surface area contributed by atoms with Crippen molar-refractivity contribution in [2.45, 2.75) is 10.8 Å². The van der Waals surface area contributed by atoms with E-state index < -0.39 is 10.8 Å². The second-order valence-electron chi connectivity index (χ2n) is 30.7. The molecule has 2 nitrogen and oxygen atoms in total. The number of nitrogens with zero attached hydrogens (tertiary/aromatic N) is 2. The van der Waals surface area contributed by atoms with Gasteiger partial charge in [-0.3, -0.25) is 0 Å². The molecule has 2 aliphatic heterocycles. The second kappa shape index (κ2) is 24.0. The molecule has 0 atom stereocenters. The van der Waals surface area contributed by atoms with Crippen LogP contribution >= 0.6 is 0 Å². The summed E-state index contributed by atoms with van der Waals surface area (Å²) in [4.78, 5) is 4.96. The lowest BCUT2D eigenvalue weighted by atomic mass is 9.64. The standard InChI is InChI=1S/C110H68N2/c1-3-33-75(34-4-1)111-101-57-19-15-51-95(101)109(96-52-16-20-58-102(96)111)93-49-13-11-37-87(93)105-81(47-27-55-99(105)109)79-41-25-45-85-91(79)68-92-80(82-48-28-56-100-106(82)88-38-12-14-50-94(88)110(100)97-53-17-21-59-103(97)112(76-35-5-2-6-36-76)104-60-22-18-54-98(104)110)42-26-46-86(92)108(85)107-83-43-23-39-77(73-63-61-69-29-7-9-31-71(69)65-73)89(83)67-90-78(40-24-44-84(90)107)74-64-62-70-30-8-10-32-72(70)66-74/h1-68H. The summed E-state index contributed by atoms with van der Waals surface area (Å²) in [6, 6.07) is 157. The molecule has 0 N–H and O–H groups in total. The zero-order valence-electron chi connectivity index (χ0n) is 61.2. The summed E-state index contributed by atoms with van der Waals surface area (Å²) in [5.74, 6) is 0. The fourth-order valence-corrected chi connectivity index (χ4v) is 21.0. The number of benzene rings is 20. The Bertz CT molecular complexity index is 6880. The molecule has 112 heavy (non-hydrogen) atoms. The van der Waals surface area contributed by atoms with Crippen LogP contribution in [0.5, 0.6) is 0 Å². The van der Waals surface area contributed by atoms with Gasteiger partial charge in [0.15, 0.2) is 0 Å². The van der Waals surface area contributed by atoms with Gasteiger partial charge in [0.05, 0.1) is 33.6 Å². The molecule has 0 radical (unpaired) electrons. The van der Waals surface area contributed by atoms with E-state index in [2.05, 4.69) is 422 Å². The van der Waals surface area contributed by atoms with Gasteiger partial charge in [0.25, 0.3) is 0 Å². The molecule has 0 saturated heterocycles. The normalized spacial score (nSPS) is 13.6. The van der Waals surface area contributed by atoms with E-state index in [0.717, 1.165) is 11.4 Å². The average Bonchev–Trinajstić information content (AvgIpc) is 1.48. The molecular formula is C110H68N2. The van der Waals surface area contributed by atoms with Crippen LogP contribution in [0.1, 0.15) is 44.5 Å². The zero-order chi connectivity index (χ0) is 73.3. The first-order valence-corrected chi connectivity index (χ1v) is 39.1. The third kappa shape index (κ3) is 8.58.